The van der Waals surface area contributed by atoms with Crippen molar-refractivity contribution in [2.45, 2.75) is 12.3 Å². The summed E-state index contributed by atoms with van der Waals surface area (Å²) in [4.78, 5) is 15.8. The monoisotopic (exact) mass is 358 g/mol. The summed E-state index contributed by atoms with van der Waals surface area (Å²) in [6, 6.07) is 4.02. The molecular formula is C15H26N4O2S2. The van der Waals surface area contributed by atoms with Gasteiger partial charge >= 0.3 is 6.03 Å². The Balaban J connectivity index is 1.58. The number of rotatable bonds is 8. The first-order chi connectivity index (χ1) is 11.2. The molecule has 130 valence electrons. The van der Waals surface area contributed by atoms with E-state index in [4.69, 9.17) is 4.42 Å². The molecule has 2 heterocycles. The lowest BCUT2D eigenvalue weighted by Crippen LogP contribution is -2.43. The van der Waals surface area contributed by atoms with E-state index in [1.807, 2.05) is 11.8 Å². The minimum atomic E-state index is -0.153. The van der Waals surface area contributed by atoms with Crippen LogP contribution in [0.3, 0.4) is 0 Å². The van der Waals surface area contributed by atoms with Gasteiger partial charge in [-0.1, -0.05) is 0 Å². The maximum atomic E-state index is 11.0. The minimum absolute atomic E-state index is 0.153. The zero-order valence-electron chi connectivity index (χ0n) is 13.8. The second kappa shape index (κ2) is 10.1. The number of hydrogen-bond donors (Lipinski definition) is 2. The molecular weight excluding hydrogens is 332 g/mol. The zero-order valence-corrected chi connectivity index (χ0v) is 15.5. The summed E-state index contributed by atoms with van der Waals surface area (Å²) < 4.78 is 8.62. The molecule has 0 spiro atoms. The molecule has 8 heteroatoms. The second-order valence-electron chi connectivity index (χ2n) is 5.53. The Morgan fingerprint density at radius 3 is 2.70 bits per heavy atom. The van der Waals surface area contributed by atoms with Gasteiger partial charge in [-0.05, 0) is 31.1 Å². The molecule has 0 saturated carbocycles. The molecule has 1 aromatic rings. The molecule has 1 fully saturated rings. The molecule has 1 aromatic heterocycles. The van der Waals surface area contributed by atoms with Crippen LogP contribution in [0.15, 0.2) is 16.5 Å². The molecule has 0 aromatic carbocycles. The van der Waals surface area contributed by atoms with E-state index in [9.17, 15) is 4.79 Å². The first-order valence-electron chi connectivity index (χ1n) is 7.83. The van der Waals surface area contributed by atoms with E-state index in [1.165, 1.54) is 11.9 Å². The quantitative estimate of drug-likeness (QED) is 0.546. The smallest absolute Gasteiger partial charge is 0.324 e. The molecule has 0 unspecified atom stereocenters. The molecule has 2 N–H and O–H groups in total. The van der Waals surface area contributed by atoms with Crippen molar-refractivity contribution in [2.24, 2.45) is 0 Å². The molecule has 0 atom stereocenters. The van der Waals surface area contributed by atoms with E-state index in [2.05, 4.69) is 39.0 Å². The van der Waals surface area contributed by atoms with Crippen LogP contribution in [-0.2, 0) is 12.3 Å². The van der Waals surface area contributed by atoms with Crippen molar-refractivity contribution in [3.05, 3.63) is 23.7 Å². The van der Waals surface area contributed by atoms with Crippen LogP contribution in [0.1, 0.15) is 11.5 Å². The summed E-state index contributed by atoms with van der Waals surface area (Å²) in [6.45, 7) is 5.38. The van der Waals surface area contributed by atoms with E-state index >= 15 is 0 Å². The Hall–Kier alpha value is -0.830. The number of urea groups is 1. The van der Waals surface area contributed by atoms with Gasteiger partial charge in [-0.15, -0.1) is 0 Å². The van der Waals surface area contributed by atoms with Crippen LogP contribution in [0, 0.1) is 0 Å². The van der Waals surface area contributed by atoms with Crippen LogP contribution in [0.25, 0.3) is 0 Å². The third kappa shape index (κ3) is 7.07. The molecule has 1 aliphatic rings. The highest BCUT2D eigenvalue weighted by atomic mass is 32.2. The standard InChI is InChI=1S/C15H26N4O2S2/c1-16-15(20)17-23-10-9-22-12-14-4-3-13(21-14)11-19-7-5-18(2)6-8-19/h3-4H,5-12H2,1-2H3,(H2,16,17,20). The van der Waals surface area contributed by atoms with Crippen LogP contribution in [-0.4, -0.2) is 67.6 Å². The van der Waals surface area contributed by atoms with Crippen LogP contribution in [0.2, 0.25) is 0 Å². The van der Waals surface area contributed by atoms with Crippen molar-refractivity contribution in [2.75, 3.05) is 51.8 Å². The molecule has 2 amide bonds. The van der Waals surface area contributed by atoms with Gasteiger partial charge in [-0.2, -0.15) is 11.8 Å². The Morgan fingerprint density at radius 2 is 1.96 bits per heavy atom. The number of likely N-dealkylation sites (N-methyl/N-ethyl adjacent to an activating group) is 1. The first kappa shape index (κ1) is 18.5. The molecule has 0 radical (unpaired) electrons. The number of piperazine rings is 1. The number of furan rings is 1. The molecule has 1 saturated heterocycles. The lowest BCUT2D eigenvalue weighted by atomic mass is 10.3. The lowest BCUT2D eigenvalue weighted by Gasteiger charge is -2.31. The summed E-state index contributed by atoms with van der Waals surface area (Å²) in [5, 5.41) is 2.52. The van der Waals surface area contributed by atoms with E-state index < -0.39 is 0 Å². The molecule has 0 aliphatic carbocycles. The number of amides is 2. The van der Waals surface area contributed by atoms with Gasteiger partial charge in [0.25, 0.3) is 0 Å². The van der Waals surface area contributed by atoms with Gasteiger partial charge in [0.05, 0.1) is 12.3 Å². The van der Waals surface area contributed by atoms with E-state index in [1.54, 1.807) is 7.05 Å². The topological polar surface area (TPSA) is 60.8 Å². The molecule has 2 rings (SSSR count). The number of nitrogens with one attached hydrogen (secondary N) is 2. The summed E-state index contributed by atoms with van der Waals surface area (Å²) in [6.07, 6.45) is 0. The lowest BCUT2D eigenvalue weighted by molar-refractivity contribution is 0.140. The van der Waals surface area contributed by atoms with E-state index in [0.717, 1.165) is 61.5 Å². The maximum absolute atomic E-state index is 11.0. The number of carbonyl (C=O) groups excluding carboxylic acids is 1. The van der Waals surface area contributed by atoms with Gasteiger partial charge in [0, 0.05) is 44.7 Å². The van der Waals surface area contributed by atoms with E-state index in [0.29, 0.717) is 0 Å². The normalized spacial score (nSPS) is 16.4. The minimum Gasteiger partial charge on any atom is -0.464 e. The van der Waals surface area contributed by atoms with Crippen molar-refractivity contribution in [3.63, 3.8) is 0 Å². The predicted molar refractivity (Wildman–Crippen MR) is 97.7 cm³/mol. The Morgan fingerprint density at radius 1 is 1.22 bits per heavy atom. The van der Waals surface area contributed by atoms with Crippen LogP contribution in [0.5, 0.6) is 0 Å². The molecule has 0 bridgehead atoms. The van der Waals surface area contributed by atoms with Crippen LogP contribution < -0.4 is 10.0 Å². The largest absolute Gasteiger partial charge is 0.464 e. The molecule has 23 heavy (non-hydrogen) atoms. The molecule has 1 aliphatic heterocycles. The Labute approximate surface area is 146 Å². The zero-order chi connectivity index (χ0) is 16.5. The predicted octanol–water partition coefficient (Wildman–Crippen LogP) is 1.84. The maximum Gasteiger partial charge on any atom is 0.324 e. The van der Waals surface area contributed by atoms with Crippen LogP contribution >= 0.6 is 23.7 Å². The third-order valence-electron chi connectivity index (χ3n) is 3.66. The van der Waals surface area contributed by atoms with Crippen molar-refractivity contribution in [3.8, 4) is 0 Å². The number of carbonyl (C=O) groups is 1. The number of hydrogen-bond acceptors (Lipinski definition) is 6. The first-order valence-corrected chi connectivity index (χ1v) is 9.97. The fourth-order valence-corrected chi connectivity index (χ4v) is 3.89. The van der Waals surface area contributed by atoms with Crippen molar-refractivity contribution >= 4 is 29.7 Å². The SMILES string of the molecule is CNC(=O)NSCCSCc1ccc(CN2CCN(C)CC2)o1. The van der Waals surface area contributed by atoms with Crippen molar-refractivity contribution in [1.82, 2.24) is 19.8 Å². The third-order valence-corrected chi connectivity index (χ3v) is 5.64. The fourth-order valence-electron chi connectivity index (χ4n) is 2.25. The highest BCUT2D eigenvalue weighted by molar-refractivity contribution is 8.01. The van der Waals surface area contributed by atoms with Gasteiger partial charge in [0.15, 0.2) is 0 Å². The number of nitrogens with zero attached hydrogens (tertiary/aromatic N) is 2. The number of thioether (sulfide) groups is 1. The average molecular weight is 359 g/mol. The highest BCUT2D eigenvalue weighted by Crippen LogP contribution is 2.18. The van der Waals surface area contributed by atoms with Crippen molar-refractivity contribution < 1.29 is 9.21 Å². The second-order valence-corrected chi connectivity index (χ2v) is 7.54. The summed E-state index contributed by atoms with van der Waals surface area (Å²) in [7, 11) is 3.78. The van der Waals surface area contributed by atoms with Gasteiger partial charge in [0.1, 0.15) is 11.5 Å². The Kier molecular flexibility index (Phi) is 8.14. The van der Waals surface area contributed by atoms with Gasteiger partial charge < -0.3 is 14.6 Å². The summed E-state index contributed by atoms with van der Waals surface area (Å²) >= 11 is 3.24. The average Bonchev–Trinajstić information content (AvgIpc) is 3.00. The van der Waals surface area contributed by atoms with Crippen molar-refractivity contribution in [1.29, 1.82) is 0 Å². The van der Waals surface area contributed by atoms with Gasteiger partial charge in [-0.3, -0.25) is 9.62 Å². The van der Waals surface area contributed by atoms with Crippen LogP contribution in [0.4, 0.5) is 4.79 Å². The van der Waals surface area contributed by atoms with Gasteiger partial charge in [-0.25, -0.2) is 4.79 Å². The van der Waals surface area contributed by atoms with Gasteiger partial charge in [0.2, 0.25) is 0 Å². The highest BCUT2D eigenvalue weighted by Gasteiger charge is 2.15. The summed E-state index contributed by atoms with van der Waals surface area (Å²) in [5.41, 5.74) is 0. The fraction of sp³-hybridized carbons (Fsp3) is 0.667. The Bertz CT molecular complexity index is 476. The molecule has 6 nitrogen and oxygen atoms in total. The van der Waals surface area contributed by atoms with E-state index in [-0.39, 0.29) is 6.03 Å². The summed E-state index contributed by atoms with van der Waals surface area (Å²) in [5.74, 6) is 4.82.